The molecule has 1 saturated heterocycles. The summed E-state index contributed by atoms with van der Waals surface area (Å²) in [5.41, 5.74) is -0.00703. The number of aromatic hydroxyl groups is 1. The number of carboxylic acid groups (broad SMARTS) is 1. The van der Waals surface area contributed by atoms with Crippen LogP contribution in [0.3, 0.4) is 0 Å². The molecule has 1 fully saturated rings. The van der Waals surface area contributed by atoms with E-state index in [9.17, 15) is 14.7 Å². The zero-order chi connectivity index (χ0) is 13.3. The fourth-order valence-corrected chi connectivity index (χ4v) is 2.10. The Morgan fingerprint density at radius 2 is 2.22 bits per heavy atom. The maximum absolute atomic E-state index is 11.8. The number of amides is 1. The van der Waals surface area contributed by atoms with Gasteiger partial charge in [-0.3, -0.25) is 4.79 Å². The van der Waals surface area contributed by atoms with Crippen molar-refractivity contribution in [1.82, 2.24) is 0 Å². The molecule has 0 saturated carbocycles. The molecule has 0 radical (unpaired) electrons. The lowest BCUT2D eigenvalue weighted by atomic mass is 10.1. The molecular weight excluding hydrogens is 234 g/mol. The highest BCUT2D eigenvalue weighted by molar-refractivity contribution is 6.04. The molecular formula is C13H13NO4. The molecule has 2 N–H and O–H groups in total. The highest BCUT2D eigenvalue weighted by atomic mass is 16.4. The van der Waals surface area contributed by atoms with Crippen LogP contribution in [0.25, 0.3) is 0 Å². The smallest absolute Gasteiger partial charge is 0.337 e. The molecule has 0 aliphatic carbocycles. The molecule has 1 atom stereocenters. The molecule has 1 aliphatic rings. The van der Waals surface area contributed by atoms with Crippen molar-refractivity contribution in [2.45, 2.75) is 6.42 Å². The molecule has 1 unspecified atom stereocenters. The predicted molar refractivity (Wildman–Crippen MR) is 65.7 cm³/mol. The molecule has 0 aromatic heterocycles. The monoisotopic (exact) mass is 247 g/mol. The number of carbonyl (C=O) groups is 2. The summed E-state index contributed by atoms with van der Waals surface area (Å²) in [6.45, 7) is 3.97. The van der Waals surface area contributed by atoms with Gasteiger partial charge in [-0.1, -0.05) is 12.1 Å². The second-order valence-electron chi connectivity index (χ2n) is 4.18. The number of nitrogens with zero attached hydrogens (tertiary/aromatic N) is 1. The van der Waals surface area contributed by atoms with Crippen molar-refractivity contribution in [3.8, 4) is 5.75 Å². The van der Waals surface area contributed by atoms with Crippen molar-refractivity contribution in [3.05, 3.63) is 36.4 Å². The van der Waals surface area contributed by atoms with E-state index in [2.05, 4.69) is 6.58 Å². The van der Waals surface area contributed by atoms with Gasteiger partial charge in [-0.2, -0.15) is 0 Å². The van der Waals surface area contributed by atoms with E-state index in [1.165, 1.54) is 23.1 Å². The number of hydrogen-bond donors (Lipinski definition) is 2. The molecule has 0 bridgehead atoms. The molecule has 0 spiro atoms. The van der Waals surface area contributed by atoms with Gasteiger partial charge in [0.05, 0.1) is 5.56 Å². The van der Waals surface area contributed by atoms with Gasteiger partial charge < -0.3 is 15.1 Å². The summed E-state index contributed by atoms with van der Waals surface area (Å²) >= 11 is 0. The Kier molecular flexibility index (Phi) is 3.06. The quantitative estimate of drug-likeness (QED) is 0.796. The number of phenolic OH excluding ortho intramolecular Hbond substituents is 1. The van der Waals surface area contributed by atoms with Gasteiger partial charge in [0.15, 0.2) is 0 Å². The zero-order valence-corrected chi connectivity index (χ0v) is 9.67. The van der Waals surface area contributed by atoms with Crippen LogP contribution < -0.4 is 4.90 Å². The third kappa shape index (κ3) is 1.95. The van der Waals surface area contributed by atoms with Crippen molar-refractivity contribution in [1.29, 1.82) is 0 Å². The average molecular weight is 247 g/mol. The summed E-state index contributed by atoms with van der Waals surface area (Å²) in [5.74, 6) is -1.59. The Morgan fingerprint density at radius 1 is 1.50 bits per heavy atom. The number of aromatic carboxylic acids is 1. The van der Waals surface area contributed by atoms with E-state index in [1.54, 1.807) is 6.08 Å². The van der Waals surface area contributed by atoms with E-state index < -0.39 is 5.97 Å². The van der Waals surface area contributed by atoms with E-state index in [0.29, 0.717) is 6.54 Å². The van der Waals surface area contributed by atoms with Gasteiger partial charge in [0.2, 0.25) is 5.91 Å². The average Bonchev–Trinajstić information content (AvgIpc) is 2.70. The van der Waals surface area contributed by atoms with Crippen LogP contribution in [0.5, 0.6) is 5.75 Å². The van der Waals surface area contributed by atoms with E-state index in [4.69, 9.17) is 5.11 Å². The molecule has 1 aromatic carbocycles. The minimum atomic E-state index is -1.17. The Morgan fingerprint density at radius 3 is 2.78 bits per heavy atom. The number of carbonyl (C=O) groups excluding carboxylic acids is 1. The fourth-order valence-electron chi connectivity index (χ4n) is 2.10. The lowest BCUT2D eigenvalue weighted by Gasteiger charge is -2.19. The van der Waals surface area contributed by atoms with Crippen LogP contribution in [-0.4, -0.2) is 28.6 Å². The van der Waals surface area contributed by atoms with Gasteiger partial charge in [-0.15, -0.1) is 6.58 Å². The van der Waals surface area contributed by atoms with Crippen molar-refractivity contribution in [2.24, 2.45) is 5.92 Å². The number of hydrogen-bond acceptors (Lipinski definition) is 3. The van der Waals surface area contributed by atoms with E-state index in [1.807, 2.05) is 0 Å². The number of anilines is 1. The first kappa shape index (κ1) is 12.2. The Bertz CT molecular complexity index is 524. The van der Waals surface area contributed by atoms with Crippen LogP contribution in [0.15, 0.2) is 30.9 Å². The van der Waals surface area contributed by atoms with Gasteiger partial charge in [-0.25, -0.2) is 4.79 Å². The highest BCUT2D eigenvalue weighted by Crippen LogP contribution is 2.35. The topological polar surface area (TPSA) is 77.8 Å². The molecule has 94 valence electrons. The minimum absolute atomic E-state index is 0.0150. The Hall–Kier alpha value is -2.30. The first-order valence-corrected chi connectivity index (χ1v) is 5.52. The fraction of sp³-hybridized carbons (Fsp3) is 0.231. The van der Waals surface area contributed by atoms with Crippen LogP contribution in [0, 0.1) is 5.92 Å². The van der Waals surface area contributed by atoms with Crippen molar-refractivity contribution < 1.29 is 19.8 Å². The first-order chi connectivity index (χ1) is 8.54. The maximum atomic E-state index is 11.8. The molecule has 5 nitrogen and oxygen atoms in total. The number of rotatable bonds is 3. The number of para-hydroxylation sites is 1. The van der Waals surface area contributed by atoms with Gasteiger partial charge in [-0.05, 0) is 12.1 Å². The number of carboxylic acids is 1. The predicted octanol–water partition coefficient (Wildman–Crippen LogP) is 1.63. The summed E-state index contributed by atoms with van der Waals surface area (Å²) in [6, 6.07) is 4.18. The summed E-state index contributed by atoms with van der Waals surface area (Å²) in [5, 5.41) is 18.9. The van der Waals surface area contributed by atoms with Crippen molar-refractivity contribution >= 4 is 17.6 Å². The molecule has 1 aliphatic heterocycles. The lowest BCUT2D eigenvalue weighted by molar-refractivity contribution is -0.117. The van der Waals surface area contributed by atoms with E-state index in [0.717, 1.165) is 0 Å². The van der Waals surface area contributed by atoms with E-state index >= 15 is 0 Å². The highest BCUT2D eigenvalue weighted by Gasteiger charge is 2.32. The Balaban J connectivity index is 2.48. The van der Waals surface area contributed by atoms with Crippen molar-refractivity contribution in [2.75, 3.05) is 11.4 Å². The van der Waals surface area contributed by atoms with Gasteiger partial charge in [0.25, 0.3) is 0 Å². The Labute approximate surface area is 104 Å². The zero-order valence-electron chi connectivity index (χ0n) is 9.67. The van der Waals surface area contributed by atoms with Crippen LogP contribution in [0.4, 0.5) is 5.69 Å². The third-order valence-electron chi connectivity index (χ3n) is 3.00. The standard InChI is InChI=1S/C13H13NO4/c1-2-8-6-11(16)14(7-8)12-9(13(17)18)4-3-5-10(12)15/h2-5,8,15H,1,6-7H2,(H,17,18). The second-order valence-corrected chi connectivity index (χ2v) is 4.18. The maximum Gasteiger partial charge on any atom is 0.337 e. The normalized spacial score (nSPS) is 19.0. The minimum Gasteiger partial charge on any atom is -0.506 e. The first-order valence-electron chi connectivity index (χ1n) is 5.52. The summed E-state index contributed by atoms with van der Waals surface area (Å²) in [6.07, 6.45) is 1.95. The molecule has 1 aromatic rings. The number of benzene rings is 1. The van der Waals surface area contributed by atoms with Crippen LogP contribution >= 0.6 is 0 Å². The third-order valence-corrected chi connectivity index (χ3v) is 3.00. The lowest BCUT2D eigenvalue weighted by Crippen LogP contribution is -2.26. The van der Waals surface area contributed by atoms with Crippen LogP contribution in [0.2, 0.25) is 0 Å². The molecule has 5 heteroatoms. The largest absolute Gasteiger partial charge is 0.506 e. The van der Waals surface area contributed by atoms with Gasteiger partial charge in [0.1, 0.15) is 11.4 Å². The van der Waals surface area contributed by atoms with Gasteiger partial charge >= 0.3 is 5.97 Å². The van der Waals surface area contributed by atoms with Crippen molar-refractivity contribution in [3.63, 3.8) is 0 Å². The van der Waals surface area contributed by atoms with Crippen LogP contribution in [-0.2, 0) is 4.79 Å². The second kappa shape index (κ2) is 4.52. The summed E-state index contributed by atoms with van der Waals surface area (Å²) in [4.78, 5) is 24.3. The summed E-state index contributed by atoms with van der Waals surface area (Å²) in [7, 11) is 0. The van der Waals surface area contributed by atoms with E-state index in [-0.39, 0.29) is 35.2 Å². The number of phenols is 1. The molecule has 2 rings (SSSR count). The van der Waals surface area contributed by atoms with Crippen LogP contribution in [0.1, 0.15) is 16.8 Å². The van der Waals surface area contributed by atoms with Gasteiger partial charge in [0, 0.05) is 18.9 Å². The molecule has 1 heterocycles. The SMILES string of the molecule is C=CC1CC(=O)N(c2c(O)cccc2C(=O)O)C1. The molecule has 18 heavy (non-hydrogen) atoms. The molecule has 1 amide bonds. The summed E-state index contributed by atoms with van der Waals surface area (Å²) < 4.78 is 0.